The van der Waals surface area contributed by atoms with E-state index in [0.717, 1.165) is 31.4 Å². The molecule has 0 aliphatic rings. The van der Waals surface area contributed by atoms with Gasteiger partial charge in [0.2, 0.25) is 0 Å². The fraction of sp³-hybridized carbons (Fsp3) is 0.826. The van der Waals surface area contributed by atoms with Crippen LogP contribution >= 0.6 is 0 Å². The molecule has 0 atom stereocenters. The van der Waals surface area contributed by atoms with E-state index in [1.165, 1.54) is 77.0 Å². The van der Waals surface area contributed by atoms with Crippen LogP contribution in [0.25, 0.3) is 0 Å². The summed E-state index contributed by atoms with van der Waals surface area (Å²) >= 11 is 0. The molecule has 0 saturated carbocycles. The highest BCUT2D eigenvalue weighted by Crippen LogP contribution is 2.12. The molecule has 0 aromatic carbocycles. The second-order valence-electron chi connectivity index (χ2n) is 7.26. The molecule has 0 radical (unpaired) electrons. The van der Waals surface area contributed by atoms with E-state index in [4.69, 9.17) is 9.47 Å². The molecule has 0 aromatic heterocycles. The summed E-state index contributed by atoms with van der Waals surface area (Å²) < 4.78 is 9.91. The largest absolute Gasteiger partial charge is 0.463 e. The third-order valence-electron chi connectivity index (χ3n) is 4.55. The highest BCUT2D eigenvalue weighted by atomic mass is 16.5. The van der Waals surface area contributed by atoms with Crippen molar-refractivity contribution in [2.45, 2.75) is 110 Å². The van der Waals surface area contributed by atoms with E-state index in [-0.39, 0.29) is 0 Å². The van der Waals surface area contributed by atoms with Crippen molar-refractivity contribution in [3.63, 3.8) is 0 Å². The number of rotatable bonds is 19. The van der Waals surface area contributed by atoms with Gasteiger partial charge >= 0.3 is 11.9 Å². The molecule has 0 bridgehead atoms. The molecule has 27 heavy (non-hydrogen) atoms. The van der Waals surface area contributed by atoms with E-state index < -0.39 is 11.9 Å². The Labute approximate surface area is 167 Å². The second kappa shape index (κ2) is 21.0. The minimum Gasteiger partial charge on any atom is -0.463 e. The van der Waals surface area contributed by atoms with Crippen LogP contribution in [0.5, 0.6) is 0 Å². The predicted octanol–water partition coefficient (Wildman–Crippen LogP) is 6.52. The number of carbonyl (C=O) groups is 2. The van der Waals surface area contributed by atoms with Crippen molar-refractivity contribution in [2.24, 2.45) is 0 Å². The summed E-state index contributed by atoms with van der Waals surface area (Å²) in [6, 6.07) is 0. The van der Waals surface area contributed by atoms with Gasteiger partial charge in [-0.25, -0.2) is 9.59 Å². The zero-order valence-corrected chi connectivity index (χ0v) is 17.8. The van der Waals surface area contributed by atoms with Gasteiger partial charge in [0.25, 0.3) is 0 Å². The SMILES string of the molecule is CCCCCCCCCCCCCCCCOC(=O)/C=C\C(=O)OCCC. The predicted molar refractivity (Wildman–Crippen MR) is 112 cm³/mol. The zero-order chi connectivity index (χ0) is 20.0. The van der Waals surface area contributed by atoms with Crippen molar-refractivity contribution in [3.8, 4) is 0 Å². The average Bonchev–Trinajstić information content (AvgIpc) is 2.67. The first-order valence-corrected chi connectivity index (χ1v) is 11.2. The van der Waals surface area contributed by atoms with Crippen molar-refractivity contribution in [1.29, 1.82) is 0 Å². The van der Waals surface area contributed by atoms with Gasteiger partial charge in [0.1, 0.15) is 0 Å². The standard InChI is InChI=1S/C23H42O4/c1-3-5-6-7-8-9-10-11-12-13-14-15-16-17-21-27-23(25)19-18-22(24)26-20-4-2/h18-19H,3-17,20-21H2,1-2H3/b19-18-. The summed E-state index contributed by atoms with van der Waals surface area (Å²) in [5.41, 5.74) is 0. The molecule has 158 valence electrons. The fourth-order valence-electron chi connectivity index (χ4n) is 2.90. The van der Waals surface area contributed by atoms with E-state index in [1.54, 1.807) is 0 Å². The second-order valence-corrected chi connectivity index (χ2v) is 7.26. The quantitative estimate of drug-likeness (QED) is 0.145. The molecule has 0 saturated heterocycles. The van der Waals surface area contributed by atoms with E-state index in [9.17, 15) is 9.59 Å². The first kappa shape index (κ1) is 25.7. The number of esters is 2. The smallest absolute Gasteiger partial charge is 0.331 e. The van der Waals surface area contributed by atoms with E-state index in [1.807, 2.05) is 6.92 Å². The maximum absolute atomic E-state index is 11.4. The highest BCUT2D eigenvalue weighted by Gasteiger charge is 2.00. The van der Waals surface area contributed by atoms with E-state index in [2.05, 4.69) is 6.92 Å². The van der Waals surface area contributed by atoms with Gasteiger partial charge in [0.15, 0.2) is 0 Å². The van der Waals surface area contributed by atoms with Crippen LogP contribution in [0, 0.1) is 0 Å². The summed E-state index contributed by atoms with van der Waals surface area (Å²) in [5.74, 6) is -0.969. The number of unbranched alkanes of at least 4 members (excludes halogenated alkanes) is 13. The zero-order valence-electron chi connectivity index (χ0n) is 17.8. The van der Waals surface area contributed by atoms with E-state index in [0.29, 0.717) is 13.2 Å². The molecule has 0 spiro atoms. The van der Waals surface area contributed by atoms with Crippen molar-refractivity contribution in [3.05, 3.63) is 12.2 Å². The molecular formula is C23H42O4. The van der Waals surface area contributed by atoms with Gasteiger partial charge in [-0.1, -0.05) is 97.3 Å². The normalized spacial score (nSPS) is 11.0. The Hall–Kier alpha value is -1.32. The topological polar surface area (TPSA) is 52.6 Å². The summed E-state index contributed by atoms with van der Waals surface area (Å²) in [4.78, 5) is 22.6. The lowest BCUT2D eigenvalue weighted by atomic mass is 10.0. The van der Waals surface area contributed by atoms with Crippen LogP contribution in [-0.2, 0) is 19.1 Å². The van der Waals surface area contributed by atoms with Crippen molar-refractivity contribution < 1.29 is 19.1 Å². The Kier molecular flexibility index (Phi) is 20.0. The van der Waals surface area contributed by atoms with Gasteiger partial charge in [0.05, 0.1) is 13.2 Å². The van der Waals surface area contributed by atoms with Gasteiger partial charge in [-0.05, 0) is 12.8 Å². The Morgan fingerprint density at radius 1 is 0.519 bits per heavy atom. The fourth-order valence-corrected chi connectivity index (χ4v) is 2.90. The minimum atomic E-state index is -0.495. The van der Waals surface area contributed by atoms with Crippen molar-refractivity contribution in [1.82, 2.24) is 0 Å². The molecule has 0 fully saturated rings. The third kappa shape index (κ3) is 20.8. The number of ether oxygens (including phenoxy) is 2. The maximum Gasteiger partial charge on any atom is 0.331 e. The number of hydrogen-bond acceptors (Lipinski definition) is 4. The van der Waals surface area contributed by atoms with Crippen LogP contribution in [-0.4, -0.2) is 25.2 Å². The van der Waals surface area contributed by atoms with Crippen LogP contribution < -0.4 is 0 Å². The van der Waals surface area contributed by atoms with E-state index >= 15 is 0 Å². The Morgan fingerprint density at radius 3 is 1.30 bits per heavy atom. The van der Waals surface area contributed by atoms with Crippen LogP contribution in [0.3, 0.4) is 0 Å². The van der Waals surface area contributed by atoms with Crippen molar-refractivity contribution >= 4 is 11.9 Å². The molecule has 0 aromatic rings. The van der Waals surface area contributed by atoms with Crippen LogP contribution in [0.2, 0.25) is 0 Å². The summed E-state index contributed by atoms with van der Waals surface area (Å²) in [6.07, 6.45) is 21.3. The summed E-state index contributed by atoms with van der Waals surface area (Å²) in [7, 11) is 0. The lowest BCUT2D eigenvalue weighted by Crippen LogP contribution is -2.05. The van der Waals surface area contributed by atoms with Gasteiger partial charge in [0, 0.05) is 12.2 Å². The van der Waals surface area contributed by atoms with Crippen LogP contribution in [0.1, 0.15) is 110 Å². The monoisotopic (exact) mass is 382 g/mol. The average molecular weight is 383 g/mol. The van der Waals surface area contributed by atoms with Crippen LogP contribution in [0.4, 0.5) is 0 Å². The third-order valence-corrected chi connectivity index (χ3v) is 4.55. The minimum absolute atomic E-state index is 0.372. The maximum atomic E-state index is 11.4. The van der Waals surface area contributed by atoms with Gasteiger partial charge in [-0.3, -0.25) is 0 Å². The molecule has 4 heteroatoms. The molecule has 0 rings (SSSR count). The molecule has 0 amide bonds. The van der Waals surface area contributed by atoms with Crippen LogP contribution in [0.15, 0.2) is 12.2 Å². The summed E-state index contributed by atoms with van der Waals surface area (Å²) in [5, 5.41) is 0. The van der Waals surface area contributed by atoms with Gasteiger partial charge in [-0.2, -0.15) is 0 Å². The molecule has 0 heterocycles. The molecule has 0 aliphatic carbocycles. The molecule has 0 N–H and O–H groups in total. The number of hydrogen-bond donors (Lipinski definition) is 0. The lowest BCUT2D eigenvalue weighted by Gasteiger charge is -2.04. The Morgan fingerprint density at radius 2 is 0.889 bits per heavy atom. The molecular weight excluding hydrogens is 340 g/mol. The first-order valence-electron chi connectivity index (χ1n) is 11.2. The highest BCUT2D eigenvalue weighted by molar-refractivity contribution is 5.91. The molecule has 0 aliphatic heterocycles. The molecule has 4 nitrogen and oxygen atoms in total. The lowest BCUT2D eigenvalue weighted by molar-refractivity contribution is -0.140. The van der Waals surface area contributed by atoms with Crippen molar-refractivity contribution in [2.75, 3.05) is 13.2 Å². The van der Waals surface area contributed by atoms with Gasteiger partial charge in [-0.15, -0.1) is 0 Å². The Bertz CT molecular complexity index is 377. The first-order chi connectivity index (χ1) is 13.2. The summed E-state index contributed by atoms with van der Waals surface area (Å²) in [6.45, 7) is 4.98. The Balaban J connectivity index is 3.27. The molecule has 0 unspecified atom stereocenters. The number of carbonyl (C=O) groups excluding carboxylic acids is 2. The van der Waals surface area contributed by atoms with Gasteiger partial charge < -0.3 is 9.47 Å².